The first kappa shape index (κ1) is 20.0. The number of carbonyl (C=O) groups excluding carboxylic acids is 2. The van der Waals surface area contributed by atoms with Crippen LogP contribution in [0.4, 0.5) is 18.9 Å². The molecule has 8 heteroatoms. The smallest absolute Gasteiger partial charge is 0.471 e. The Bertz CT molecular complexity index is 848. The van der Waals surface area contributed by atoms with Crippen molar-refractivity contribution in [1.82, 2.24) is 5.32 Å². The summed E-state index contributed by atoms with van der Waals surface area (Å²) in [5.41, 5.74) is 1.34. The number of rotatable bonds is 6. The van der Waals surface area contributed by atoms with Crippen LogP contribution in [0.5, 0.6) is 5.75 Å². The maximum Gasteiger partial charge on any atom is 0.471 e. The van der Waals surface area contributed by atoms with Crippen LogP contribution < -0.4 is 15.4 Å². The molecule has 2 aromatic carbocycles. The van der Waals surface area contributed by atoms with Crippen molar-refractivity contribution in [3.05, 3.63) is 65.7 Å². The van der Waals surface area contributed by atoms with Crippen molar-refractivity contribution in [1.29, 1.82) is 0 Å². The summed E-state index contributed by atoms with van der Waals surface area (Å²) < 4.78 is 42.0. The molecule has 0 bridgehead atoms. The van der Waals surface area contributed by atoms with Gasteiger partial charge in [0.15, 0.2) is 0 Å². The van der Waals surface area contributed by atoms with Gasteiger partial charge >= 0.3 is 12.1 Å². The molecular weight excluding hydrogens is 361 g/mol. The summed E-state index contributed by atoms with van der Waals surface area (Å²) in [6, 6.07) is 13.4. The molecule has 0 saturated carbocycles. The Kier molecular flexibility index (Phi) is 6.59. The highest BCUT2D eigenvalue weighted by molar-refractivity contribution is 6.02. The minimum Gasteiger partial charge on any atom is -0.496 e. The van der Waals surface area contributed by atoms with Gasteiger partial charge in [-0.3, -0.25) is 9.59 Å². The zero-order valence-electron chi connectivity index (χ0n) is 14.3. The summed E-state index contributed by atoms with van der Waals surface area (Å²) in [7, 11) is 1.51. The predicted molar refractivity (Wildman–Crippen MR) is 95.0 cm³/mol. The van der Waals surface area contributed by atoms with Crippen LogP contribution in [0.1, 0.15) is 11.1 Å². The Labute approximate surface area is 153 Å². The molecule has 0 spiro atoms. The second kappa shape index (κ2) is 8.88. The summed E-state index contributed by atoms with van der Waals surface area (Å²) in [5.74, 6) is -1.92. The molecule has 0 fully saturated rings. The van der Waals surface area contributed by atoms with E-state index >= 15 is 0 Å². The van der Waals surface area contributed by atoms with E-state index in [1.807, 2.05) is 0 Å². The van der Waals surface area contributed by atoms with Crippen molar-refractivity contribution in [2.45, 2.75) is 12.7 Å². The molecule has 5 nitrogen and oxygen atoms in total. The van der Waals surface area contributed by atoms with Crippen LogP contribution in [0.15, 0.2) is 54.6 Å². The van der Waals surface area contributed by atoms with Crippen molar-refractivity contribution < 1.29 is 27.5 Å². The number of carbonyl (C=O) groups is 2. The van der Waals surface area contributed by atoms with Gasteiger partial charge in [0.25, 0.3) is 0 Å². The lowest BCUT2D eigenvalue weighted by Gasteiger charge is -2.12. The number of alkyl halides is 3. The van der Waals surface area contributed by atoms with Gasteiger partial charge in [0.1, 0.15) is 5.75 Å². The van der Waals surface area contributed by atoms with Gasteiger partial charge in [0.2, 0.25) is 5.91 Å². The van der Waals surface area contributed by atoms with Gasteiger partial charge in [0, 0.05) is 23.9 Å². The van der Waals surface area contributed by atoms with E-state index in [9.17, 15) is 22.8 Å². The molecule has 0 aromatic heterocycles. The minimum atomic E-state index is -4.96. The summed E-state index contributed by atoms with van der Waals surface area (Å²) in [4.78, 5) is 23.1. The van der Waals surface area contributed by atoms with E-state index in [0.717, 1.165) is 0 Å². The van der Waals surface area contributed by atoms with Crippen molar-refractivity contribution in [2.24, 2.45) is 0 Å². The molecule has 2 amide bonds. The van der Waals surface area contributed by atoms with E-state index < -0.39 is 18.0 Å². The maximum absolute atomic E-state index is 12.3. The fraction of sp³-hybridized carbons (Fsp3) is 0.158. The number of amides is 2. The Morgan fingerprint density at radius 2 is 1.74 bits per heavy atom. The molecule has 0 atom stereocenters. The summed E-state index contributed by atoms with van der Waals surface area (Å²) >= 11 is 0. The summed E-state index contributed by atoms with van der Waals surface area (Å²) in [6.45, 7) is -0.370. The molecule has 142 valence electrons. The third-order valence-electron chi connectivity index (χ3n) is 3.53. The largest absolute Gasteiger partial charge is 0.496 e. The Balaban J connectivity index is 2.05. The Hall–Kier alpha value is -3.29. The fourth-order valence-corrected chi connectivity index (χ4v) is 2.22. The number of nitrogens with one attached hydrogen (secondary N) is 2. The van der Waals surface area contributed by atoms with Gasteiger partial charge in [-0.25, -0.2) is 0 Å². The average molecular weight is 378 g/mol. The van der Waals surface area contributed by atoms with Crippen molar-refractivity contribution in [3.63, 3.8) is 0 Å². The number of ether oxygens (including phenoxy) is 1. The topological polar surface area (TPSA) is 67.4 Å². The van der Waals surface area contributed by atoms with Crippen LogP contribution in [0.2, 0.25) is 0 Å². The highest BCUT2D eigenvalue weighted by Crippen LogP contribution is 2.20. The third kappa shape index (κ3) is 5.88. The molecule has 2 rings (SSSR count). The molecule has 0 heterocycles. The van der Waals surface area contributed by atoms with Crippen LogP contribution in [0.3, 0.4) is 0 Å². The lowest BCUT2D eigenvalue weighted by atomic mass is 10.1. The number of anilines is 1. The Morgan fingerprint density at radius 3 is 2.44 bits per heavy atom. The van der Waals surface area contributed by atoms with Gasteiger partial charge in [0.05, 0.1) is 7.11 Å². The maximum atomic E-state index is 12.3. The molecule has 0 aliphatic heterocycles. The van der Waals surface area contributed by atoms with E-state index in [1.165, 1.54) is 25.3 Å². The molecule has 2 N–H and O–H groups in total. The van der Waals surface area contributed by atoms with Gasteiger partial charge < -0.3 is 15.4 Å². The van der Waals surface area contributed by atoms with Crippen LogP contribution in [-0.4, -0.2) is 25.1 Å². The molecule has 0 aliphatic rings. The van der Waals surface area contributed by atoms with E-state index in [2.05, 4.69) is 5.32 Å². The molecule has 0 saturated heterocycles. The monoisotopic (exact) mass is 378 g/mol. The first-order valence-corrected chi connectivity index (χ1v) is 7.86. The van der Waals surface area contributed by atoms with E-state index in [1.54, 1.807) is 47.8 Å². The van der Waals surface area contributed by atoms with Gasteiger partial charge in [-0.2, -0.15) is 13.2 Å². The van der Waals surface area contributed by atoms with Crippen molar-refractivity contribution in [3.8, 4) is 5.75 Å². The van der Waals surface area contributed by atoms with Gasteiger partial charge in [-0.05, 0) is 23.8 Å². The van der Waals surface area contributed by atoms with E-state index in [4.69, 9.17) is 4.74 Å². The standard InChI is InChI=1S/C19H17F3N2O3/c1-27-16-9-5-3-6-13(16)10-11-17(25)24-15-8-4-2-7-14(15)12-23-18(26)19(20,21)22/h2-11H,12H2,1H3,(H,23,26)(H,24,25)/b11-10+. The molecule has 2 aromatic rings. The molecule has 27 heavy (non-hydrogen) atoms. The number of halogens is 3. The Morgan fingerprint density at radius 1 is 1.07 bits per heavy atom. The van der Waals surface area contributed by atoms with Crippen LogP contribution in [0, 0.1) is 0 Å². The highest BCUT2D eigenvalue weighted by atomic mass is 19.4. The molecular formula is C19H17F3N2O3. The van der Waals surface area contributed by atoms with Crippen molar-refractivity contribution >= 4 is 23.6 Å². The SMILES string of the molecule is COc1ccccc1/C=C/C(=O)Nc1ccccc1CNC(=O)C(F)(F)F. The van der Waals surface area contributed by atoms with Crippen LogP contribution in [-0.2, 0) is 16.1 Å². The second-order valence-corrected chi connectivity index (χ2v) is 5.40. The fourth-order valence-electron chi connectivity index (χ4n) is 2.22. The number of benzene rings is 2. The summed E-state index contributed by atoms with van der Waals surface area (Å²) in [5, 5.41) is 4.36. The van der Waals surface area contributed by atoms with Crippen molar-refractivity contribution in [2.75, 3.05) is 12.4 Å². The molecule has 0 unspecified atom stereocenters. The van der Waals surface area contributed by atoms with Gasteiger partial charge in [-0.15, -0.1) is 0 Å². The van der Waals surface area contributed by atoms with E-state index in [-0.39, 0.29) is 6.54 Å². The minimum absolute atomic E-state index is 0.301. The normalized spacial score (nSPS) is 11.3. The quantitative estimate of drug-likeness (QED) is 0.756. The number of para-hydroxylation sites is 2. The van der Waals surface area contributed by atoms with E-state index in [0.29, 0.717) is 22.6 Å². The van der Waals surface area contributed by atoms with Crippen LogP contribution in [0.25, 0.3) is 6.08 Å². The lowest BCUT2D eigenvalue weighted by molar-refractivity contribution is -0.173. The predicted octanol–water partition coefficient (Wildman–Crippen LogP) is 3.53. The zero-order chi connectivity index (χ0) is 19.9. The first-order chi connectivity index (χ1) is 12.8. The number of hydrogen-bond donors (Lipinski definition) is 2. The zero-order valence-corrected chi connectivity index (χ0v) is 14.3. The number of methoxy groups -OCH3 is 1. The van der Waals surface area contributed by atoms with Gasteiger partial charge in [-0.1, -0.05) is 36.4 Å². The third-order valence-corrected chi connectivity index (χ3v) is 3.53. The lowest BCUT2D eigenvalue weighted by Crippen LogP contribution is -2.36. The average Bonchev–Trinajstić information content (AvgIpc) is 2.64. The molecule has 0 aliphatic carbocycles. The second-order valence-electron chi connectivity index (χ2n) is 5.40. The first-order valence-electron chi connectivity index (χ1n) is 7.86. The highest BCUT2D eigenvalue weighted by Gasteiger charge is 2.38. The molecule has 0 radical (unpaired) electrons. The van der Waals surface area contributed by atoms with Crippen LogP contribution >= 0.6 is 0 Å². The summed E-state index contributed by atoms with van der Waals surface area (Å²) in [6.07, 6.45) is -2.12. The number of hydrogen-bond acceptors (Lipinski definition) is 3.